The summed E-state index contributed by atoms with van der Waals surface area (Å²) in [5, 5.41) is 7.95. The van der Waals surface area contributed by atoms with E-state index >= 15 is 0 Å². The van der Waals surface area contributed by atoms with Crippen molar-refractivity contribution >= 4 is 40.9 Å². The number of hydrogen-bond acceptors (Lipinski definition) is 6. The van der Waals surface area contributed by atoms with Crippen LogP contribution in [0.2, 0.25) is 0 Å². The molecule has 1 aromatic rings. The van der Waals surface area contributed by atoms with Crippen LogP contribution in [0, 0.1) is 5.92 Å². The molecule has 4 fully saturated rings. The molecule has 0 unspecified atom stereocenters. The third-order valence-corrected chi connectivity index (χ3v) is 8.63. The fraction of sp³-hybridized carbons (Fsp3) is 0.625. The quantitative estimate of drug-likeness (QED) is 0.589. The van der Waals surface area contributed by atoms with Gasteiger partial charge in [0.05, 0.1) is 12.5 Å². The van der Waals surface area contributed by atoms with Crippen molar-refractivity contribution in [1.29, 1.82) is 0 Å². The van der Waals surface area contributed by atoms with E-state index in [1.165, 1.54) is 18.3 Å². The van der Waals surface area contributed by atoms with Crippen LogP contribution in [0.25, 0.3) is 0 Å². The molecule has 4 aliphatic rings. The zero-order chi connectivity index (χ0) is 24.7. The third-order valence-electron chi connectivity index (χ3n) is 7.75. The maximum Gasteiger partial charge on any atom is 0.248 e. The van der Waals surface area contributed by atoms with Crippen molar-refractivity contribution in [1.82, 2.24) is 25.3 Å². The molecule has 0 saturated carbocycles. The van der Waals surface area contributed by atoms with Gasteiger partial charge in [-0.1, -0.05) is 6.07 Å². The Morgan fingerprint density at radius 1 is 1.14 bits per heavy atom. The van der Waals surface area contributed by atoms with Crippen LogP contribution in [-0.4, -0.2) is 94.6 Å². The lowest BCUT2D eigenvalue weighted by atomic mass is 9.95. The van der Waals surface area contributed by atoms with Crippen LogP contribution in [0.15, 0.2) is 17.5 Å². The Morgan fingerprint density at radius 2 is 1.91 bits per heavy atom. The van der Waals surface area contributed by atoms with Gasteiger partial charge in [-0.25, -0.2) is 0 Å². The molecule has 4 aliphatic heterocycles. The molecule has 2 N–H and O–H groups in total. The monoisotopic (exact) mass is 501 g/mol. The first-order valence-electron chi connectivity index (χ1n) is 12.3. The molecule has 1 aromatic heterocycles. The molecular weight excluding hydrogens is 470 g/mol. The van der Waals surface area contributed by atoms with Crippen LogP contribution in [0.3, 0.4) is 0 Å². The van der Waals surface area contributed by atoms with Gasteiger partial charge < -0.3 is 25.3 Å². The molecule has 188 valence electrons. The summed E-state index contributed by atoms with van der Waals surface area (Å²) in [4.78, 5) is 69.9. The summed E-state index contributed by atoms with van der Waals surface area (Å²) < 4.78 is 0. The van der Waals surface area contributed by atoms with Crippen molar-refractivity contribution in [3.05, 3.63) is 22.4 Å². The zero-order valence-corrected chi connectivity index (χ0v) is 20.6. The van der Waals surface area contributed by atoms with Gasteiger partial charge in [0, 0.05) is 49.9 Å². The van der Waals surface area contributed by atoms with Crippen molar-refractivity contribution in [2.24, 2.45) is 5.92 Å². The molecule has 5 rings (SSSR count). The molecule has 5 heterocycles. The predicted octanol–water partition coefficient (Wildman–Crippen LogP) is -0.266. The third kappa shape index (κ3) is 4.65. The molecule has 35 heavy (non-hydrogen) atoms. The lowest BCUT2D eigenvalue weighted by Gasteiger charge is -2.31. The summed E-state index contributed by atoms with van der Waals surface area (Å²) >= 11 is 1.51. The summed E-state index contributed by atoms with van der Waals surface area (Å²) in [6.45, 7) is 3.35. The van der Waals surface area contributed by atoms with E-state index < -0.39 is 12.1 Å². The summed E-state index contributed by atoms with van der Waals surface area (Å²) in [5.41, 5.74) is 0. The summed E-state index contributed by atoms with van der Waals surface area (Å²) in [5.74, 6) is -0.797. The van der Waals surface area contributed by atoms with Crippen LogP contribution in [0.4, 0.5) is 0 Å². The number of piperidine rings is 1. The van der Waals surface area contributed by atoms with Crippen LogP contribution in [-0.2, 0) is 30.4 Å². The SMILES string of the molecule is CC(=O)N1CCC(C(=O)N[C@@H]2C[C@H]3C(=O)N[C@@H]4CCN(C(=O)Cc5cccs5)[C@@H]4C(=O)N3C2)CC1. The minimum absolute atomic E-state index is 0.0187. The van der Waals surface area contributed by atoms with E-state index in [-0.39, 0.29) is 60.5 Å². The number of hydrogen-bond donors (Lipinski definition) is 2. The van der Waals surface area contributed by atoms with E-state index in [0.717, 1.165) is 4.88 Å². The number of amides is 5. The minimum atomic E-state index is -0.707. The van der Waals surface area contributed by atoms with Gasteiger partial charge in [0.2, 0.25) is 29.5 Å². The first kappa shape index (κ1) is 23.8. The van der Waals surface area contributed by atoms with Crippen molar-refractivity contribution < 1.29 is 24.0 Å². The summed E-state index contributed by atoms with van der Waals surface area (Å²) in [6, 6.07) is 1.75. The molecule has 4 saturated heterocycles. The highest BCUT2D eigenvalue weighted by Crippen LogP contribution is 2.30. The van der Waals surface area contributed by atoms with E-state index in [9.17, 15) is 24.0 Å². The van der Waals surface area contributed by atoms with Crippen LogP contribution in [0.5, 0.6) is 0 Å². The van der Waals surface area contributed by atoms with Gasteiger partial charge in [0.25, 0.3) is 0 Å². The Balaban J connectivity index is 1.23. The molecule has 10 nitrogen and oxygen atoms in total. The Hall–Kier alpha value is -2.95. The molecule has 4 atom stereocenters. The molecule has 5 amide bonds. The first-order valence-corrected chi connectivity index (χ1v) is 13.2. The molecule has 0 bridgehead atoms. The number of fused-ring (bicyclic) bond motifs is 2. The predicted molar refractivity (Wildman–Crippen MR) is 127 cm³/mol. The van der Waals surface area contributed by atoms with Crippen molar-refractivity contribution in [3.8, 4) is 0 Å². The van der Waals surface area contributed by atoms with Gasteiger partial charge in [-0.05, 0) is 37.1 Å². The topological polar surface area (TPSA) is 119 Å². The Labute approximate surface area is 208 Å². The number of nitrogens with one attached hydrogen (secondary N) is 2. The van der Waals surface area contributed by atoms with E-state index in [0.29, 0.717) is 45.3 Å². The standard InChI is InChI=1S/C24H31N5O5S/c1-14(30)27-7-4-15(5-8-27)22(32)25-16-11-19-23(33)26-18-6-9-28(21(18)24(34)29(19)13-16)20(31)12-17-3-2-10-35-17/h2-3,10,15-16,18-19,21H,4-9,11-13H2,1H3,(H,25,32)(H,26,33)/t16-,18-,19+,21+/m1/s1. The Kier molecular flexibility index (Phi) is 6.52. The summed E-state index contributed by atoms with van der Waals surface area (Å²) in [6.07, 6.45) is 2.37. The number of nitrogens with zero attached hydrogens (tertiary/aromatic N) is 3. The fourth-order valence-corrected chi connectivity index (χ4v) is 6.55. The molecule has 11 heteroatoms. The largest absolute Gasteiger partial charge is 0.351 e. The van der Waals surface area contributed by atoms with Crippen molar-refractivity contribution in [2.45, 2.75) is 63.2 Å². The van der Waals surface area contributed by atoms with Crippen molar-refractivity contribution in [3.63, 3.8) is 0 Å². The second kappa shape index (κ2) is 9.60. The Morgan fingerprint density at radius 3 is 2.60 bits per heavy atom. The highest BCUT2D eigenvalue weighted by Gasteiger charge is 2.52. The van der Waals surface area contributed by atoms with Gasteiger partial charge in [0.15, 0.2) is 0 Å². The molecule has 0 aromatic carbocycles. The van der Waals surface area contributed by atoms with Gasteiger partial charge in [-0.3, -0.25) is 24.0 Å². The van der Waals surface area contributed by atoms with Crippen molar-refractivity contribution in [2.75, 3.05) is 26.2 Å². The normalized spacial score (nSPS) is 28.9. The smallest absolute Gasteiger partial charge is 0.248 e. The van der Waals surface area contributed by atoms with Crippen LogP contribution < -0.4 is 10.6 Å². The van der Waals surface area contributed by atoms with E-state index in [4.69, 9.17) is 0 Å². The van der Waals surface area contributed by atoms with Crippen LogP contribution >= 0.6 is 11.3 Å². The fourth-order valence-electron chi connectivity index (χ4n) is 5.85. The average Bonchev–Trinajstić information content (AvgIpc) is 3.57. The second-order valence-corrected chi connectivity index (χ2v) is 11.0. The van der Waals surface area contributed by atoms with E-state index in [1.807, 2.05) is 17.5 Å². The van der Waals surface area contributed by atoms with Gasteiger partial charge in [0.1, 0.15) is 12.1 Å². The maximum absolute atomic E-state index is 13.6. The second-order valence-electron chi connectivity index (χ2n) is 9.92. The van der Waals surface area contributed by atoms with Gasteiger partial charge >= 0.3 is 0 Å². The van der Waals surface area contributed by atoms with Gasteiger partial charge in [-0.15, -0.1) is 11.3 Å². The lowest BCUT2D eigenvalue weighted by Crippen LogP contribution is -2.53. The number of rotatable bonds is 4. The first-order chi connectivity index (χ1) is 16.8. The highest BCUT2D eigenvalue weighted by atomic mass is 32.1. The molecule has 0 radical (unpaired) electrons. The molecule has 0 aliphatic carbocycles. The minimum Gasteiger partial charge on any atom is -0.351 e. The molecular formula is C24H31N5O5S. The van der Waals surface area contributed by atoms with E-state index in [2.05, 4.69) is 10.6 Å². The Bertz CT molecular complexity index is 1020. The average molecular weight is 502 g/mol. The number of carbonyl (C=O) groups is 5. The van der Waals surface area contributed by atoms with E-state index in [1.54, 1.807) is 14.7 Å². The summed E-state index contributed by atoms with van der Waals surface area (Å²) in [7, 11) is 0. The number of carbonyl (C=O) groups excluding carboxylic acids is 5. The number of thiophene rings is 1. The zero-order valence-electron chi connectivity index (χ0n) is 19.8. The molecule has 0 spiro atoms. The van der Waals surface area contributed by atoms with Gasteiger partial charge in [-0.2, -0.15) is 0 Å². The maximum atomic E-state index is 13.6. The number of likely N-dealkylation sites (tertiary alicyclic amines) is 2. The van der Waals surface area contributed by atoms with Crippen LogP contribution in [0.1, 0.15) is 37.5 Å². The highest BCUT2D eigenvalue weighted by molar-refractivity contribution is 7.10. The lowest BCUT2D eigenvalue weighted by molar-refractivity contribution is -0.144.